The van der Waals surface area contributed by atoms with E-state index in [2.05, 4.69) is 0 Å². The third-order valence-corrected chi connectivity index (χ3v) is 2.45. The summed E-state index contributed by atoms with van der Waals surface area (Å²) < 4.78 is 13.0. The van der Waals surface area contributed by atoms with Gasteiger partial charge >= 0.3 is 0 Å². The minimum Gasteiger partial charge on any atom is -0.507 e. The van der Waals surface area contributed by atoms with E-state index in [-0.39, 0.29) is 23.7 Å². The Morgan fingerprint density at radius 2 is 1.79 bits per heavy atom. The van der Waals surface area contributed by atoms with Crippen molar-refractivity contribution in [1.29, 1.82) is 0 Å². The van der Waals surface area contributed by atoms with E-state index in [9.17, 15) is 14.3 Å². The van der Waals surface area contributed by atoms with E-state index < -0.39 is 11.6 Å². The molecule has 0 saturated heterocycles. The number of carbonyl (C=O) groups is 1. The van der Waals surface area contributed by atoms with Gasteiger partial charge in [0.05, 0.1) is 5.56 Å². The zero-order chi connectivity index (χ0) is 13.0. The van der Waals surface area contributed by atoms with E-state index in [0.717, 1.165) is 17.7 Å². The molecule has 0 radical (unpaired) electrons. The Labute approximate surface area is 116 Å². The van der Waals surface area contributed by atoms with Gasteiger partial charge in [-0.15, -0.1) is 12.4 Å². The molecule has 2 aromatic carbocycles. The molecule has 0 aliphatic carbocycles. The molecule has 19 heavy (non-hydrogen) atoms. The van der Waals surface area contributed by atoms with Crippen LogP contribution in [0.3, 0.4) is 0 Å². The van der Waals surface area contributed by atoms with Gasteiger partial charge in [-0.3, -0.25) is 4.79 Å². The van der Waals surface area contributed by atoms with Crippen LogP contribution < -0.4 is 0 Å². The van der Waals surface area contributed by atoms with Crippen molar-refractivity contribution in [3.8, 4) is 5.75 Å². The lowest BCUT2D eigenvalue weighted by molar-refractivity contribution is 0.104. The summed E-state index contributed by atoms with van der Waals surface area (Å²) in [6.07, 6.45) is 2.93. The summed E-state index contributed by atoms with van der Waals surface area (Å²) in [5, 5.41) is 9.48. The Balaban J connectivity index is 0.00000180. The summed E-state index contributed by atoms with van der Waals surface area (Å²) in [6.45, 7) is 0. The molecule has 2 rings (SSSR count). The SMILES string of the molecule is Cl.O=C(/C=C/c1ccccc1)c1cc(F)ccc1O. The van der Waals surface area contributed by atoms with E-state index in [1.165, 1.54) is 12.1 Å². The zero-order valence-electron chi connectivity index (χ0n) is 9.92. The van der Waals surface area contributed by atoms with Crippen molar-refractivity contribution in [2.24, 2.45) is 0 Å². The van der Waals surface area contributed by atoms with Gasteiger partial charge in [-0.1, -0.05) is 36.4 Å². The average Bonchev–Trinajstić information content (AvgIpc) is 2.40. The molecule has 0 saturated carbocycles. The summed E-state index contributed by atoms with van der Waals surface area (Å²) in [4.78, 5) is 11.8. The molecule has 0 amide bonds. The van der Waals surface area contributed by atoms with Crippen molar-refractivity contribution < 1.29 is 14.3 Å². The second-order valence-corrected chi connectivity index (χ2v) is 3.77. The third kappa shape index (κ3) is 3.93. The second kappa shape index (κ2) is 6.71. The Bertz CT molecular complexity index is 594. The van der Waals surface area contributed by atoms with Crippen LogP contribution in [0.1, 0.15) is 15.9 Å². The fraction of sp³-hybridized carbons (Fsp3) is 0. The smallest absolute Gasteiger partial charge is 0.189 e. The summed E-state index contributed by atoms with van der Waals surface area (Å²) in [7, 11) is 0. The van der Waals surface area contributed by atoms with Crippen LogP contribution in [0.25, 0.3) is 6.08 Å². The number of halogens is 2. The van der Waals surface area contributed by atoms with Crippen molar-refractivity contribution in [3.63, 3.8) is 0 Å². The fourth-order valence-electron chi connectivity index (χ4n) is 1.53. The number of phenolic OH excluding ortho intramolecular Hbond substituents is 1. The number of hydrogen-bond donors (Lipinski definition) is 1. The first-order valence-corrected chi connectivity index (χ1v) is 5.43. The summed E-state index contributed by atoms with van der Waals surface area (Å²) in [5.74, 6) is -1.21. The predicted octanol–water partition coefficient (Wildman–Crippen LogP) is 3.85. The Kier molecular flexibility index (Phi) is 5.27. The van der Waals surface area contributed by atoms with Crippen LogP contribution in [0.15, 0.2) is 54.6 Å². The second-order valence-electron chi connectivity index (χ2n) is 3.77. The molecule has 0 aromatic heterocycles. The molecule has 0 atom stereocenters. The van der Waals surface area contributed by atoms with Gasteiger partial charge < -0.3 is 5.11 Å². The van der Waals surface area contributed by atoms with Crippen LogP contribution in [0.5, 0.6) is 5.75 Å². The van der Waals surface area contributed by atoms with Crippen LogP contribution in [-0.4, -0.2) is 10.9 Å². The van der Waals surface area contributed by atoms with Gasteiger partial charge in [0.25, 0.3) is 0 Å². The summed E-state index contributed by atoms with van der Waals surface area (Å²) in [5.41, 5.74) is 0.823. The number of aromatic hydroxyl groups is 1. The lowest BCUT2D eigenvalue weighted by Gasteiger charge is -2.00. The molecular weight excluding hydrogens is 267 g/mol. The molecule has 0 fully saturated rings. The van der Waals surface area contributed by atoms with Crippen molar-refractivity contribution in [3.05, 3.63) is 71.6 Å². The normalized spacial score (nSPS) is 10.2. The number of hydrogen-bond acceptors (Lipinski definition) is 2. The van der Waals surface area contributed by atoms with Gasteiger partial charge in [-0.2, -0.15) is 0 Å². The Morgan fingerprint density at radius 1 is 1.11 bits per heavy atom. The first-order valence-electron chi connectivity index (χ1n) is 5.43. The molecule has 2 nitrogen and oxygen atoms in total. The number of rotatable bonds is 3. The van der Waals surface area contributed by atoms with E-state index in [1.807, 2.05) is 30.3 Å². The van der Waals surface area contributed by atoms with Crippen molar-refractivity contribution in [1.82, 2.24) is 0 Å². The number of phenols is 1. The monoisotopic (exact) mass is 278 g/mol. The quantitative estimate of drug-likeness (QED) is 0.684. The number of carbonyl (C=O) groups excluding carboxylic acids is 1. The maximum Gasteiger partial charge on any atom is 0.189 e. The van der Waals surface area contributed by atoms with Gasteiger partial charge in [0.2, 0.25) is 0 Å². The Hall–Kier alpha value is -2.13. The molecular formula is C15H12ClFO2. The minimum atomic E-state index is -0.552. The predicted molar refractivity (Wildman–Crippen MR) is 75.1 cm³/mol. The van der Waals surface area contributed by atoms with Crippen molar-refractivity contribution in [2.75, 3.05) is 0 Å². The highest BCUT2D eigenvalue weighted by Gasteiger charge is 2.09. The highest BCUT2D eigenvalue weighted by atomic mass is 35.5. The van der Waals surface area contributed by atoms with Crippen LogP contribution in [-0.2, 0) is 0 Å². The maximum atomic E-state index is 13.0. The van der Waals surface area contributed by atoms with Crippen molar-refractivity contribution in [2.45, 2.75) is 0 Å². The molecule has 98 valence electrons. The topological polar surface area (TPSA) is 37.3 Å². The standard InChI is InChI=1S/C15H11FO2.ClH/c16-12-7-9-15(18)13(10-12)14(17)8-6-11-4-2-1-3-5-11;/h1-10,18H;1H/b8-6+;. The third-order valence-electron chi connectivity index (χ3n) is 2.45. The zero-order valence-corrected chi connectivity index (χ0v) is 10.7. The van der Waals surface area contributed by atoms with E-state index >= 15 is 0 Å². The van der Waals surface area contributed by atoms with Crippen molar-refractivity contribution >= 4 is 24.3 Å². The Morgan fingerprint density at radius 3 is 2.47 bits per heavy atom. The molecule has 0 bridgehead atoms. The number of ketones is 1. The molecule has 0 aliphatic rings. The minimum absolute atomic E-state index is 0. The van der Waals surface area contributed by atoms with E-state index in [0.29, 0.717) is 0 Å². The largest absolute Gasteiger partial charge is 0.507 e. The van der Waals surface area contributed by atoms with Crippen LogP contribution >= 0.6 is 12.4 Å². The lowest BCUT2D eigenvalue weighted by atomic mass is 10.1. The first kappa shape index (κ1) is 14.9. The molecule has 0 unspecified atom stereocenters. The van der Waals surface area contributed by atoms with Gasteiger partial charge in [-0.05, 0) is 29.8 Å². The van der Waals surface area contributed by atoms with Crippen LogP contribution in [0.2, 0.25) is 0 Å². The van der Waals surface area contributed by atoms with E-state index in [1.54, 1.807) is 6.08 Å². The molecule has 1 N–H and O–H groups in total. The van der Waals surface area contributed by atoms with Crippen LogP contribution in [0.4, 0.5) is 4.39 Å². The number of benzene rings is 2. The summed E-state index contributed by atoms with van der Waals surface area (Å²) >= 11 is 0. The fourth-order valence-corrected chi connectivity index (χ4v) is 1.53. The first-order chi connectivity index (χ1) is 8.66. The van der Waals surface area contributed by atoms with Crippen LogP contribution in [0, 0.1) is 5.82 Å². The maximum absolute atomic E-state index is 13.0. The van der Waals surface area contributed by atoms with E-state index in [4.69, 9.17) is 0 Å². The molecule has 4 heteroatoms. The van der Waals surface area contributed by atoms with Gasteiger partial charge in [-0.25, -0.2) is 4.39 Å². The molecule has 0 aliphatic heterocycles. The van der Waals surface area contributed by atoms with Gasteiger partial charge in [0.1, 0.15) is 11.6 Å². The average molecular weight is 279 g/mol. The van der Waals surface area contributed by atoms with Gasteiger partial charge in [0.15, 0.2) is 5.78 Å². The number of allylic oxidation sites excluding steroid dienone is 1. The lowest BCUT2D eigenvalue weighted by Crippen LogP contribution is -1.95. The molecule has 0 heterocycles. The molecule has 2 aromatic rings. The summed E-state index contributed by atoms with van der Waals surface area (Å²) in [6, 6.07) is 12.6. The highest BCUT2D eigenvalue weighted by Crippen LogP contribution is 2.19. The highest BCUT2D eigenvalue weighted by molar-refractivity contribution is 6.08. The van der Waals surface area contributed by atoms with Gasteiger partial charge in [0, 0.05) is 0 Å². The molecule has 0 spiro atoms.